The Hall–Kier alpha value is -3.02. The van der Waals surface area contributed by atoms with Gasteiger partial charge in [-0.2, -0.15) is 10.2 Å². The van der Waals surface area contributed by atoms with Crippen molar-refractivity contribution >= 4 is 28.9 Å². The van der Waals surface area contributed by atoms with Gasteiger partial charge in [0.2, 0.25) is 11.8 Å². The molecule has 1 aliphatic carbocycles. The number of carbonyl (C=O) groups excluding carboxylic acids is 2. The summed E-state index contributed by atoms with van der Waals surface area (Å²) in [6, 6.07) is 16.9. The van der Waals surface area contributed by atoms with Gasteiger partial charge in [0.1, 0.15) is 0 Å². The molecule has 1 saturated heterocycles. The summed E-state index contributed by atoms with van der Waals surface area (Å²) < 4.78 is 0. The van der Waals surface area contributed by atoms with E-state index in [4.69, 9.17) is 0 Å². The van der Waals surface area contributed by atoms with Crippen LogP contribution in [0, 0.1) is 11.8 Å². The fraction of sp³-hybridized carbons (Fsp3) is 0.364. The highest BCUT2D eigenvalue weighted by atomic mass is 16.2. The molecule has 1 aliphatic heterocycles. The highest BCUT2D eigenvalue weighted by Crippen LogP contribution is 2.32. The summed E-state index contributed by atoms with van der Waals surface area (Å²) in [7, 11) is 0. The van der Waals surface area contributed by atoms with Gasteiger partial charge in [-0.3, -0.25) is 9.59 Å². The Morgan fingerprint density at radius 3 is 2.00 bits per heavy atom. The van der Waals surface area contributed by atoms with Crippen LogP contribution in [0.15, 0.2) is 64.8 Å². The number of hydrogen-bond acceptors (Lipinski definition) is 4. The zero-order valence-corrected chi connectivity index (χ0v) is 15.8. The molecule has 28 heavy (non-hydrogen) atoms. The molecular formula is C22H24N4O2. The minimum Gasteiger partial charge on any atom is -0.342 e. The molecular weight excluding hydrogens is 352 g/mol. The Bertz CT molecular complexity index is 852. The van der Waals surface area contributed by atoms with Crippen LogP contribution in [0.5, 0.6) is 0 Å². The first kappa shape index (κ1) is 18.3. The van der Waals surface area contributed by atoms with Crippen molar-refractivity contribution in [3.63, 3.8) is 0 Å². The highest BCUT2D eigenvalue weighted by Gasteiger charge is 2.35. The molecule has 2 fully saturated rings. The van der Waals surface area contributed by atoms with Crippen molar-refractivity contribution in [2.24, 2.45) is 22.1 Å². The van der Waals surface area contributed by atoms with Crippen LogP contribution < -0.4 is 5.32 Å². The maximum Gasteiger partial charge on any atom is 0.227 e. The van der Waals surface area contributed by atoms with Crippen LogP contribution in [0.4, 0.5) is 17.1 Å². The predicted octanol–water partition coefficient (Wildman–Crippen LogP) is 4.69. The van der Waals surface area contributed by atoms with E-state index in [0.717, 1.165) is 42.7 Å². The molecule has 2 aromatic rings. The van der Waals surface area contributed by atoms with Gasteiger partial charge in [0, 0.05) is 30.6 Å². The second-order valence-corrected chi connectivity index (χ2v) is 7.45. The van der Waals surface area contributed by atoms with Gasteiger partial charge in [-0.15, -0.1) is 0 Å². The molecule has 0 aromatic heterocycles. The van der Waals surface area contributed by atoms with Gasteiger partial charge in [0.05, 0.1) is 11.4 Å². The minimum absolute atomic E-state index is 0.0252. The van der Waals surface area contributed by atoms with Crippen LogP contribution in [0.3, 0.4) is 0 Å². The first-order valence-electron chi connectivity index (χ1n) is 9.85. The average molecular weight is 376 g/mol. The summed E-state index contributed by atoms with van der Waals surface area (Å²) in [5.41, 5.74) is 2.28. The number of rotatable bonds is 5. The maximum absolute atomic E-state index is 12.5. The predicted molar refractivity (Wildman–Crippen MR) is 108 cm³/mol. The van der Waals surface area contributed by atoms with Crippen molar-refractivity contribution in [1.82, 2.24) is 4.90 Å². The number of hydrogen-bond donors (Lipinski definition) is 1. The lowest BCUT2D eigenvalue weighted by molar-refractivity contribution is -0.135. The molecule has 4 rings (SSSR count). The van der Waals surface area contributed by atoms with E-state index in [1.54, 1.807) is 0 Å². The summed E-state index contributed by atoms with van der Waals surface area (Å²) in [4.78, 5) is 26.6. The molecule has 6 nitrogen and oxygen atoms in total. The number of piperidine rings is 1. The van der Waals surface area contributed by atoms with Gasteiger partial charge in [-0.05, 0) is 62.1 Å². The van der Waals surface area contributed by atoms with E-state index in [0.29, 0.717) is 13.1 Å². The quantitative estimate of drug-likeness (QED) is 0.769. The molecule has 0 bridgehead atoms. The Kier molecular flexibility index (Phi) is 5.46. The molecule has 1 N–H and O–H groups in total. The number of azo groups is 1. The third kappa shape index (κ3) is 4.63. The van der Waals surface area contributed by atoms with Crippen molar-refractivity contribution in [3.05, 3.63) is 54.6 Å². The fourth-order valence-electron chi connectivity index (χ4n) is 3.42. The van der Waals surface area contributed by atoms with Crippen molar-refractivity contribution < 1.29 is 9.59 Å². The molecule has 2 aromatic carbocycles. The van der Waals surface area contributed by atoms with Crippen LogP contribution in [-0.4, -0.2) is 29.8 Å². The van der Waals surface area contributed by atoms with Crippen LogP contribution >= 0.6 is 0 Å². The van der Waals surface area contributed by atoms with Crippen molar-refractivity contribution in [2.75, 3.05) is 18.4 Å². The van der Waals surface area contributed by atoms with Crippen LogP contribution in [0.2, 0.25) is 0 Å². The van der Waals surface area contributed by atoms with Gasteiger partial charge in [-0.25, -0.2) is 0 Å². The summed E-state index contributed by atoms with van der Waals surface area (Å²) >= 11 is 0. The molecule has 144 valence electrons. The van der Waals surface area contributed by atoms with Crippen LogP contribution in [-0.2, 0) is 9.59 Å². The summed E-state index contributed by atoms with van der Waals surface area (Å²) in [6.45, 7) is 1.37. The Labute approximate surface area is 164 Å². The van der Waals surface area contributed by atoms with Gasteiger partial charge < -0.3 is 10.2 Å². The summed E-state index contributed by atoms with van der Waals surface area (Å²) in [5, 5.41) is 11.4. The standard InChI is InChI=1S/C22H24N4O2/c27-21(16-12-14-26(15-13-16)22(28)17-6-7-17)23-18-8-10-20(11-9-18)25-24-19-4-2-1-3-5-19/h1-5,8-11,16-17H,6-7,12-15H2,(H,23,27). The Morgan fingerprint density at radius 1 is 0.786 bits per heavy atom. The topological polar surface area (TPSA) is 74.1 Å². The summed E-state index contributed by atoms with van der Waals surface area (Å²) in [5.74, 6) is 0.514. The van der Waals surface area contributed by atoms with E-state index < -0.39 is 0 Å². The number of nitrogens with zero attached hydrogens (tertiary/aromatic N) is 3. The number of nitrogens with one attached hydrogen (secondary N) is 1. The molecule has 0 atom stereocenters. The first-order chi connectivity index (χ1) is 13.7. The number of amides is 2. The highest BCUT2D eigenvalue weighted by molar-refractivity contribution is 5.93. The molecule has 1 saturated carbocycles. The largest absolute Gasteiger partial charge is 0.342 e. The third-order valence-corrected chi connectivity index (χ3v) is 5.28. The molecule has 6 heteroatoms. The van der Waals surface area contributed by atoms with E-state index in [1.807, 2.05) is 59.5 Å². The number of likely N-dealkylation sites (tertiary alicyclic amines) is 1. The SMILES string of the molecule is O=C(Nc1ccc(N=Nc2ccccc2)cc1)C1CCN(C(=O)C2CC2)CC1. The Morgan fingerprint density at radius 2 is 1.39 bits per heavy atom. The number of anilines is 1. The first-order valence-corrected chi connectivity index (χ1v) is 9.85. The smallest absolute Gasteiger partial charge is 0.227 e. The van der Waals surface area contributed by atoms with Gasteiger partial charge in [-0.1, -0.05) is 18.2 Å². The molecule has 2 aliphatic rings. The van der Waals surface area contributed by atoms with E-state index in [-0.39, 0.29) is 23.7 Å². The number of carbonyl (C=O) groups is 2. The monoisotopic (exact) mass is 376 g/mol. The zero-order valence-electron chi connectivity index (χ0n) is 15.8. The van der Waals surface area contributed by atoms with E-state index in [2.05, 4.69) is 15.5 Å². The fourth-order valence-corrected chi connectivity index (χ4v) is 3.42. The lowest BCUT2D eigenvalue weighted by atomic mass is 9.95. The summed E-state index contributed by atoms with van der Waals surface area (Å²) in [6.07, 6.45) is 3.52. The van der Waals surface area contributed by atoms with Crippen molar-refractivity contribution in [2.45, 2.75) is 25.7 Å². The van der Waals surface area contributed by atoms with Crippen molar-refractivity contribution in [3.8, 4) is 0 Å². The minimum atomic E-state index is -0.0410. The van der Waals surface area contributed by atoms with Gasteiger partial charge in [0.25, 0.3) is 0 Å². The molecule has 0 spiro atoms. The lowest BCUT2D eigenvalue weighted by Crippen LogP contribution is -2.42. The van der Waals surface area contributed by atoms with Crippen LogP contribution in [0.1, 0.15) is 25.7 Å². The molecule has 2 amide bonds. The van der Waals surface area contributed by atoms with E-state index in [9.17, 15) is 9.59 Å². The van der Waals surface area contributed by atoms with Gasteiger partial charge >= 0.3 is 0 Å². The van der Waals surface area contributed by atoms with E-state index >= 15 is 0 Å². The second-order valence-electron chi connectivity index (χ2n) is 7.45. The Balaban J connectivity index is 1.27. The zero-order chi connectivity index (χ0) is 19.3. The van der Waals surface area contributed by atoms with Gasteiger partial charge in [0.15, 0.2) is 0 Å². The lowest BCUT2D eigenvalue weighted by Gasteiger charge is -2.31. The van der Waals surface area contributed by atoms with Crippen molar-refractivity contribution in [1.29, 1.82) is 0 Å². The molecule has 0 radical (unpaired) electrons. The molecule has 1 heterocycles. The maximum atomic E-state index is 12.5. The normalized spacial score (nSPS) is 17.6. The van der Waals surface area contributed by atoms with E-state index in [1.165, 1.54) is 0 Å². The van der Waals surface area contributed by atoms with Crippen LogP contribution in [0.25, 0.3) is 0 Å². The second kappa shape index (κ2) is 8.33. The average Bonchev–Trinajstić information content (AvgIpc) is 3.59. The molecule has 0 unspecified atom stereocenters. The third-order valence-electron chi connectivity index (χ3n) is 5.28. The number of benzene rings is 2.